The Hall–Kier alpha value is -2.95. The molecule has 0 saturated heterocycles. The molecule has 33 heavy (non-hydrogen) atoms. The molecule has 4 aromatic carbocycles. The summed E-state index contributed by atoms with van der Waals surface area (Å²) in [6.45, 7) is 2.30. The summed E-state index contributed by atoms with van der Waals surface area (Å²) in [5.74, 6) is 0.624. The molecule has 0 heterocycles. The molecule has 0 aliphatic heterocycles. The summed E-state index contributed by atoms with van der Waals surface area (Å²) in [5, 5.41) is 8.80. The molecule has 1 heteroatoms. The van der Waals surface area contributed by atoms with Crippen LogP contribution in [0.5, 0.6) is 0 Å². The van der Waals surface area contributed by atoms with Crippen LogP contribution in [0.2, 0.25) is 0 Å². The van der Waals surface area contributed by atoms with Crippen molar-refractivity contribution in [3.63, 3.8) is 0 Å². The third kappa shape index (κ3) is 4.09. The number of allylic oxidation sites excluding steroid dienone is 4. The zero-order valence-corrected chi connectivity index (χ0v) is 20.5. The summed E-state index contributed by atoms with van der Waals surface area (Å²) in [6, 6.07) is 38.6. The Kier molecular flexibility index (Phi) is 6.56. The minimum absolute atomic E-state index is 0.624. The van der Waals surface area contributed by atoms with Gasteiger partial charge in [-0.25, -0.2) is 0 Å². The van der Waals surface area contributed by atoms with Crippen LogP contribution in [0.1, 0.15) is 32.6 Å². The van der Waals surface area contributed by atoms with Gasteiger partial charge in [-0.15, -0.1) is 0 Å². The van der Waals surface area contributed by atoms with Crippen LogP contribution in [-0.4, -0.2) is 0 Å². The Morgan fingerprint density at radius 1 is 0.727 bits per heavy atom. The van der Waals surface area contributed by atoms with Gasteiger partial charge in [-0.3, -0.25) is 0 Å². The van der Waals surface area contributed by atoms with E-state index in [1.165, 1.54) is 45.9 Å². The zero-order valence-electron chi connectivity index (χ0n) is 19.5. The van der Waals surface area contributed by atoms with E-state index in [9.17, 15) is 0 Å². The normalized spacial score (nSPS) is 16.5. The van der Waals surface area contributed by atoms with Gasteiger partial charge in [-0.05, 0) is 0 Å². The molecule has 0 radical (unpaired) electrons. The number of hydrogen-bond donors (Lipinski definition) is 0. The van der Waals surface area contributed by atoms with Crippen LogP contribution in [0.15, 0.2) is 127 Å². The molecular weight excluding hydrogens is 415 g/mol. The molecule has 1 unspecified atom stereocenters. The first-order valence-electron chi connectivity index (χ1n) is 12.3. The maximum atomic E-state index is 2.45. The summed E-state index contributed by atoms with van der Waals surface area (Å²) in [4.78, 5) is 0. The molecule has 0 N–H and O–H groups in total. The topological polar surface area (TPSA) is 0 Å². The zero-order chi connectivity index (χ0) is 22.5. The van der Waals surface area contributed by atoms with E-state index in [1.54, 1.807) is 5.31 Å². The average Bonchev–Trinajstić information content (AvgIpc) is 2.90. The quantitative estimate of drug-likeness (QED) is 0.257. The first kappa shape index (κ1) is 21.9. The van der Waals surface area contributed by atoms with E-state index in [1.807, 2.05) is 0 Å². The molecular formula is C32H33P. The van der Waals surface area contributed by atoms with Crippen molar-refractivity contribution in [2.45, 2.75) is 32.6 Å². The molecule has 1 aliphatic rings. The molecule has 0 fully saturated rings. The fourth-order valence-corrected chi connectivity index (χ4v) is 11.0. The van der Waals surface area contributed by atoms with Crippen LogP contribution in [0.3, 0.4) is 0 Å². The summed E-state index contributed by atoms with van der Waals surface area (Å²) < 4.78 is 0. The van der Waals surface area contributed by atoms with Gasteiger partial charge in [0.15, 0.2) is 0 Å². The van der Waals surface area contributed by atoms with Gasteiger partial charge in [0.2, 0.25) is 0 Å². The van der Waals surface area contributed by atoms with E-state index in [0.29, 0.717) is 5.92 Å². The van der Waals surface area contributed by atoms with Crippen LogP contribution in [0, 0.1) is 5.92 Å². The van der Waals surface area contributed by atoms with Gasteiger partial charge >= 0.3 is 199 Å². The first-order valence-corrected chi connectivity index (χ1v) is 14.3. The molecule has 0 amide bonds. The van der Waals surface area contributed by atoms with Crippen molar-refractivity contribution >= 4 is 33.9 Å². The molecule has 1 atom stereocenters. The van der Waals surface area contributed by atoms with Crippen LogP contribution in [-0.2, 0) is 0 Å². The fourth-order valence-electron chi connectivity index (χ4n) is 5.64. The van der Waals surface area contributed by atoms with Gasteiger partial charge in [0.1, 0.15) is 0 Å². The van der Waals surface area contributed by atoms with Crippen LogP contribution in [0.4, 0.5) is 0 Å². The van der Waals surface area contributed by atoms with Gasteiger partial charge in [0.05, 0.1) is 0 Å². The Morgan fingerprint density at radius 2 is 1.36 bits per heavy atom. The van der Waals surface area contributed by atoms with E-state index in [2.05, 4.69) is 128 Å². The van der Waals surface area contributed by atoms with E-state index >= 15 is 0 Å². The molecule has 5 rings (SSSR count). The van der Waals surface area contributed by atoms with Crippen molar-refractivity contribution in [1.29, 1.82) is 0 Å². The van der Waals surface area contributed by atoms with E-state index in [-0.39, 0.29) is 0 Å². The Bertz CT molecular complexity index is 1220. The van der Waals surface area contributed by atoms with Crippen LogP contribution >= 0.6 is 7.26 Å². The second kappa shape index (κ2) is 9.90. The van der Waals surface area contributed by atoms with Crippen molar-refractivity contribution in [3.8, 4) is 0 Å². The minimum atomic E-state index is -2.46. The van der Waals surface area contributed by atoms with Crippen molar-refractivity contribution in [1.82, 2.24) is 0 Å². The van der Waals surface area contributed by atoms with Gasteiger partial charge in [0, 0.05) is 0 Å². The van der Waals surface area contributed by atoms with Gasteiger partial charge < -0.3 is 0 Å². The number of benzene rings is 4. The SMILES string of the molecule is CCCCC1C=CC=C([PH](c2ccccc2)(c2ccccc2)c2cccc3ccccc23)C1. The van der Waals surface area contributed by atoms with Crippen molar-refractivity contribution in [2.24, 2.45) is 5.92 Å². The molecule has 0 saturated carbocycles. The molecule has 0 nitrogen and oxygen atoms in total. The van der Waals surface area contributed by atoms with Crippen molar-refractivity contribution in [2.75, 3.05) is 0 Å². The Labute approximate surface area is 199 Å². The van der Waals surface area contributed by atoms with E-state index < -0.39 is 7.26 Å². The van der Waals surface area contributed by atoms with Crippen molar-refractivity contribution in [3.05, 3.63) is 127 Å². The monoisotopic (exact) mass is 448 g/mol. The predicted molar refractivity (Wildman–Crippen MR) is 149 cm³/mol. The molecule has 1 aliphatic carbocycles. The molecule has 4 aromatic rings. The Morgan fingerprint density at radius 3 is 2.06 bits per heavy atom. The predicted octanol–water partition coefficient (Wildman–Crippen LogP) is 7.52. The standard InChI is InChI=1S/C32H33P/c1-2-3-14-26-15-12-22-30(25-26)33(28-18-6-4-7-19-28,29-20-8-5-9-21-29)32-24-13-17-27-16-10-11-23-31(27)32/h4-13,15-24,26,33H,2-3,14,25H2,1H3. The average molecular weight is 449 g/mol. The van der Waals surface area contributed by atoms with Crippen molar-refractivity contribution < 1.29 is 0 Å². The second-order valence-electron chi connectivity index (χ2n) is 9.19. The van der Waals surface area contributed by atoms with Gasteiger partial charge in [-0.2, -0.15) is 0 Å². The third-order valence-corrected chi connectivity index (χ3v) is 12.2. The molecule has 0 spiro atoms. The van der Waals surface area contributed by atoms with Gasteiger partial charge in [0.25, 0.3) is 0 Å². The molecule has 0 bridgehead atoms. The number of hydrogen-bond acceptors (Lipinski definition) is 0. The maximum absolute atomic E-state index is 2.46. The van der Waals surface area contributed by atoms with Crippen LogP contribution in [0.25, 0.3) is 10.8 Å². The fraction of sp³-hybridized carbons (Fsp3) is 0.188. The van der Waals surface area contributed by atoms with Crippen LogP contribution < -0.4 is 15.9 Å². The summed E-state index contributed by atoms with van der Waals surface area (Å²) in [7, 11) is -2.46. The number of fused-ring (bicyclic) bond motifs is 1. The molecule has 166 valence electrons. The van der Waals surface area contributed by atoms with E-state index in [0.717, 1.165) is 6.42 Å². The summed E-state index contributed by atoms with van der Waals surface area (Å²) >= 11 is 0. The van der Waals surface area contributed by atoms with Gasteiger partial charge in [-0.1, -0.05) is 0 Å². The summed E-state index contributed by atoms with van der Waals surface area (Å²) in [5.41, 5.74) is 0. The number of unbranched alkanes of at least 4 members (excludes halogenated alkanes) is 1. The number of rotatable bonds is 7. The van der Waals surface area contributed by atoms with E-state index in [4.69, 9.17) is 0 Å². The third-order valence-electron chi connectivity index (χ3n) is 7.18. The summed E-state index contributed by atoms with van der Waals surface area (Å²) in [6.07, 6.45) is 12.2. The second-order valence-corrected chi connectivity index (χ2v) is 13.0. The molecule has 0 aromatic heterocycles. The first-order chi connectivity index (χ1) is 16.3. The Balaban J connectivity index is 1.83.